The summed E-state index contributed by atoms with van der Waals surface area (Å²) in [6.45, 7) is 0.220. The van der Waals surface area contributed by atoms with Gasteiger partial charge in [-0.2, -0.15) is 13.2 Å². The van der Waals surface area contributed by atoms with Crippen molar-refractivity contribution >= 4 is 11.8 Å². The number of nitrogens with two attached hydrogens (primary N) is 1. The first-order valence-corrected chi connectivity index (χ1v) is 11.2. The highest BCUT2D eigenvalue weighted by molar-refractivity contribution is 6.03. The van der Waals surface area contributed by atoms with E-state index in [9.17, 15) is 13.2 Å². The van der Waals surface area contributed by atoms with Gasteiger partial charge in [-0.05, 0) is 40.5 Å². The maximum absolute atomic E-state index is 10.6. The molecule has 3 aromatic carbocycles. The standard InChI is InChI=1S/C25H18N4O2.C2HF3O2/c26-24-20-6-1-2-7-21(20)25(29-24,19-8-9-22-23(11-19)31-15-30-22)18-5-3-4-16(10-18)17-12-27-14-28-13-17;3-2(4,5)1(6)7/h1-14H,15H2,(H2,26,29);(H,6,7). The average Bonchev–Trinajstić information content (AvgIpc) is 3.52. The lowest BCUT2D eigenvalue weighted by molar-refractivity contribution is -0.192. The topological polar surface area (TPSA) is 120 Å². The van der Waals surface area contributed by atoms with Gasteiger partial charge in [-0.15, -0.1) is 0 Å². The lowest BCUT2D eigenvalue weighted by Crippen LogP contribution is -2.25. The van der Waals surface area contributed by atoms with Crippen LogP contribution < -0.4 is 15.2 Å². The SMILES string of the molecule is NC1=NC(c2cccc(-c3cncnc3)c2)(c2ccc3c(c2)OCO3)c2ccccc21.O=C(O)C(F)(F)F. The van der Waals surface area contributed by atoms with Gasteiger partial charge < -0.3 is 20.3 Å². The van der Waals surface area contributed by atoms with Gasteiger partial charge in [0.1, 0.15) is 17.7 Å². The molecule has 0 radical (unpaired) electrons. The number of rotatable bonds is 3. The van der Waals surface area contributed by atoms with Crippen LogP contribution in [0.5, 0.6) is 11.5 Å². The van der Waals surface area contributed by atoms with E-state index in [4.69, 9.17) is 30.1 Å². The third-order valence-corrected chi connectivity index (χ3v) is 6.09. The van der Waals surface area contributed by atoms with E-state index in [0.717, 1.165) is 39.1 Å². The molecule has 0 spiro atoms. The van der Waals surface area contributed by atoms with Gasteiger partial charge in [0.05, 0.1) is 0 Å². The predicted octanol–water partition coefficient (Wildman–Crippen LogP) is 4.52. The van der Waals surface area contributed by atoms with E-state index in [0.29, 0.717) is 11.6 Å². The van der Waals surface area contributed by atoms with E-state index in [2.05, 4.69) is 28.2 Å². The highest BCUT2D eigenvalue weighted by Crippen LogP contribution is 2.48. The van der Waals surface area contributed by atoms with E-state index in [1.165, 1.54) is 6.33 Å². The van der Waals surface area contributed by atoms with E-state index in [-0.39, 0.29) is 6.79 Å². The number of amidine groups is 1. The first-order chi connectivity index (χ1) is 18.2. The Balaban J connectivity index is 0.000000374. The van der Waals surface area contributed by atoms with Crippen molar-refractivity contribution in [3.8, 4) is 22.6 Å². The van der Waals surface area contributed by atoms with Gasteiger partial charge in [0.2, 0.25) is 6.79 Å². The summed E-state index contributed by atoms with van der Waals surface area (Å²) in [5.74, 6) is -0.797. The lowest BCUT2D eigenvalue weighted by atomic mass is 9.77. The fraction of sp³-hybridized carbons (Fsp3) is 0.111. The molecule has 192 valence electrons. The number of hydrogen-bond acceptors (Lipinski definition) is 7. The van der Waals surface area contributed by atoms with Crippen LogP contribution in [0.1, 0.15) is 22.3 Å². The molecule has 11 heteroatoms. The van der Waals surface area contributed by atoms with Crippen LogP contribution in [0, 0.1) is 0 Å². The Morgan fingerprint density at radius 1 is 0.895 bits per heavy atom. The Hall–Kier alpha value is -4.93. The number of nitrogens with zero attached hydrogens (tertiary/aromatic N) is 3. The van der Waals surface area contributed by atoms with Crippen molar-refractivity contribution in [3.63, 3.8) is 0 Å². The van der Waals surface area contributed by atoms with E-state index >= 15 is 0 Å². The van der Waals surface area contributed by atoms with Crippen LogP contribution in [0.4, 0.5) is 13.2 Å². The number of carboxylic acid groups (broad SMARTS) is 1. The Morgan fingerprint density at radius 3 is 2.32 bits per heavy atom. The monoisotopic (exact) mass is 520 g/mol. The summed E-state index contributed by atoms with van der Waals surface area (Å²) in [4.78, 5) is 22.3. The largest absolute Gasteiger partial charge is 0.490 e. The number of aliphatic carboxylic acids is 1. The minimum absolute atomic E-state index is 0.220. The van der Waals surface area contributed by atoms with Crippen molar-refractivity contribution in [1.29, 1.82) is 0 Å². The number of carbonyl (C=O) groups is 1. The average molecular weight is 520 g/mol. The summed E-state index contributed by atoms with van der Waals surface area (Å²) in [6, 6.07) is 22.3. The van der Waals surface area contributed by atoms with Crippen molar-refractivity contribution in [2.45, 2.75) is 11.7 Å². The summed E-state index contributed by atoms with van der Waals surface area (Å²) in [6.07, 6.45) is 0.0544. The molecule has 0 bridgehead atoms. The van der Waals surface area contributed by atoms with Gasteiger partial charge in [0.25, 0.3) is 0 Å². The quantitative estimate of drug-likeness (QED) is 0.408. The van der Waals surface area contributed by atoms with Crippen LogP contribution in [0.15, 0.2) is 90.4 Å². The number of fused-ring (bicyclic) bond motifs is 2. The molecule has 0 fully saturated rings. The number of ether oxygens (including phenoxy) is 2. The van der Waals surface area contributed by atoms with Crippen LogP contribution in [-0.2, 0) is 10.3 Å². The number of aliphatic imine (C=N–C) groups is 1. The molecule has 8 nitrogen and oxygen atoms in total. The van der Waals surface area contributed by atoms with Gasteiger partial charge in [-0.3, -0.25) is 0 Å². The van der Waals surface area contributed by atoms with Gasteiger partial charge >= 0.3 is 12.1 Å². The molecule has 0 saturated carbocycles. The fourth-order valence-electron chi connectivity index (χ4n) is 4.42. The van der Waals surface area contributed by atoms with Gasteiger partial charge in [-0.1, -0.05) is 48.5 Å². The van der Waals surface area contributed by atoms with Crippen LogP contribution in [0.2, 0.25) is 0 Å². The fourth-order valence-corrected chi connectivity index (χ4v) is 4.42. The van der Waals surface area contributed by atoms with Crippen molar-refractivity contribution < 1.29 is 32.5 Å². The summed E-state index contributed by atoms with van der Waals surface area (Å²) >= 11 is 0. The smallest absolute Gasteiger partial charge is 0.475 e. The van der Waals surface area contributed by atoms with Crippen molar-refractivity contribution in [2.24, 2.45) is 10.7 Å². The van der Waals surface area contributed by atoms with Gasteiger partial charge in [-0.25, -0.2) is 19.8 Å². The second kappa shape index (κ2) is 9.51. The van der Waals surface area contributed by atoms with Gasteiger partial charge in [0, 0.05) is 23.5 Å². The van der Waals surface area contributed by atoms with Crippen LogP contribution in [0.25, 0.3) is 11.1 Å². The van der Waals surface area contributed by atoms with E-state index in [1.54, 1.807) is 12.4 Å². The minimum Gasteiger partial charge on any atom is -0.475 e. The lowest BCUT2D eigenvalue weighted by Gasteiger charge is -2.29. The maximum atomic E-state index is 10.6. The summed E-state index contributed by atoms with van der Waals surface area (Å²) < 4.78 is 42.9. The zero-order chi connectivity index (χ0) is 26.9. The summed E-state index contributed by atoms with van der Waals surface area (Å²) in [5, 5.41) is 7.12. The zero-order valence-corrected chi connectivity index (χ0v) is 19.5. The molecule has 0 aliphatic carbocycles. The van der Waals surface area contributed by atoms with E-state index in [1.807, 2.05) is 48.5 Å². The molecule has 6 rings (SSSR count). The number of aromatic nitrogens is 2. The second-order valence-electron chi connectivity index (χ2n) is 8.33. The maximum Gasteiger partial charge on any atom is 0.490 e. The first kappa shape index (κ1) is 24.8. The molecule has 2 aliphatic rings. The Labute approximate surface area is 214 Å². The minimum atomic E-state index is -5.08. The Bertz CT molecular complexity index is 1540. The molecule has 1 unspecified atom stereocenters. The highest BCUT2D eigenvalue weighted by Gasteiger charge is 2.43. The second-order valence-corrected chi connectivity index (χ2v) is 8.33. The number of hydrogen-bond donors (Lipinski definition) is 2. The predicted molar refractivity (Wildman–Crippen MR) is 131 cm³/mol. The van der Waals surface area contributed by atoms with Crippen LogP contribution >= 0.6 is 0 Å². The van der Waals surface area contributed by atoms with Crippen molar-refractivity contribution in [2.75, 3.05) is 6.79 Å². The van der Waals surface area contributed by atoms with Gasteiger partial charge in [0.15, 0.2) is 11.5 Å². The number of alkyl halides is 3. The molecule has 0 saturated heterocycles. The highest BCUT2D eigenvalue weighted by atomic mass is 19.4. The Morgan fingerprint density at radius 2 is 1.58 bits per heavy atom. The zero-order valence-electron chi connectivity index (χ0n) is 19.5. The van der Waals surface area contributed by atoms with Crippen LogP contribution in [-0.4, -0.2) is 39.8 Å². The molecule has 0 amide bonds. The first-order valence-electron chi connectivity index (χ1n) is 11.2. The normalized spacial score (nSPS) is 17.2. The molecule has 38 heavy (non-hydrogen) atoms. The molecule has 4 aromatic rings. The number of benzene rings is 3. The number of halogens is 3. The number of carboxylic acids is 1. The van der Waals surface area contributed by atoms with Crippen LogP contribution in [0.3, 0.4) is 0 Å². The molecule has 3 N–H and O–H groups in total. The molecular weight excluding hydrogens is 501 g/mol. The molecule has 3 heterocycles. The van der Waals surface area contributed by atoms with E-state index < -0.39 is 17.7 Å². The van der Waals surface area contributed by atoms with Crippen molar-refractivity contribution in [1.82, 2.24) is 9.97 Å². The summed E-state index contributed by atoms with van der Waals surface area (Å²) in [5.41, 5.74) is 11.5. The summed E-state index contributed by atoms with van der Waals surface area (Å²) in [7, 11) is 0. The molecule has 1 aromatic heterocycles. The third kappa shape index (κ3) is 4.38. The molecule has 2 aliphatic heterocycles. The molecule has 1 atom stereocenters. The molecular formula is C27H19F3N4O4. The third-order valence-electron chi connectivity index (χ3n) is 6.09. The Kier molecular flexibility index (Phi) is 6.19. The van der Waals surface area contributed by atoms with Crippen molar-refractivity contribution in [3.05, 3.63) is 108 Å².